The van der Waals surface area contributed by atoms with Crippen LogP contribution in [0.4, 0.5) is 0 Å². The summed E-state index contributed by atoms with van der Waals surface area (Å²) in [5.41, 5.74) is 3.88. The van der Waals surface area contributed by atoms with Crippen molar-refractivity contribution in [2.45, 2.75) is 63.6 Å². The molecule has 2 saturated heterocycles. The molecule has 4 heterocycles. The fraction of sp³-hybridized carbons (Fsp3) is 0.600. The Morgan fingerprint density at radius 3 is 1.92 bits per heavy atom. The van der Waals surface area contributed by atoms with Gasteiger partial charge in [0.05, 0.1) is 0 Å². The molecule has 0 amide bonds. The highest BCUT2D eigenvalue weighted by Gasteiger charge is 2.43. The summed E-state index contributed by atoms with van der Waals surface area (Å²) in [5, 5.41) is 20.6. The van der Waals surface area contributed by atoms with Crippen molar-refractivity contribution in [3.8, 4) is 0 Å². The van der Waals surface area contributed by atoms with E-state index in [2.05, 4.69) is 47.3 Å². The monoisotopic (exact) mass is 361 g/mol. The summed E-state index contributed by atoms with van der Waals surface area (Å²) in [6, 6.07) is 1.45. The molecule has 0 spiro atoms. The number of hydrogen-bond donors (Lipinski definition) is 1. The second-order valence-electron chi connectivity index (χ2n) is 7.89. The van der Waals surface area contributed by atoms with E-state index >= 15 is 0 Å². The molecular weight excluding hydrogens is 334 g/mol. The summed E-state index contributed by atoms with van der Waals surface area (Å²) in [4.78, 5) is 2.58. The van der Waals surface area contributed by atoms with Gasteiger partial charge in [0, 0.05) is 23.2 Å². The van der Waals surface area contributed by atoms with Crippen molar-refractivity contribution in [1.29, 1.82) is 0 Å². The Hall–Kier alpha value is -0.680. The van der Waals surface area contributed by atoms with Crippen LogP contribution in [-0.4, -0.2) is 29.1 Å². The Labute approximate surface area is 153 Å². The van der Waals surface area contributed by atoms with Crippen LogP contribution in [0.1, 0.15) is 54.4 Å². The molecule has 24 heavy (non-hydrogen) atoms. The molecule has 1 unspecified atom stereocenters. The Morgan fingerprint density at radius 1 is 1.00 bits per heavy atom. The van der Waals surface area contributed by atoms with Gasteiger partial charge < -0.3 is 10.0 Å². The topological polar surface area (TPSA) is 23.5 Å². The van der Waals surface area contributed by atoms with E-state index in [1.54, 1.807) is 22.7 Å². The van der Waals surface area contributed by atoms with Crippen LogP contribution in [0, 0.1) is 19.8 Å². The van der Waals surface area contributed by atoms with Crippen molar-refractivity contribution < 1.29 is 5.11 Å². The lowest BCUT2D eigenvalue weighted by atomic mass is 9.75. The minimum Gasteiger partial charge on any atom is -0.380 e. The van der Waals surface area contributed by atoms with E-state index in [9.17, 15) is 5.11 Å². The summed E-state index contributed by atoms with van der Waals surface area (Å²) in [5.74, 6) is 0.613. The third-order valence-electron chi connectivity index (χ3n) is 6.38. The Morgan fingerprint density at radius 2 is 1.50 bits per heavy atom. The maximum atomic E-state index is 11.9. The van der Waals surface area contributed by atoms with Crippen molar-refractivity contribution in [3.63, 3.8) is 0 Å². The van der Waals surface area contributed by atoms with Gasteiger partial charge in [-0.2, -0.15) is 22.7 Å². The van der Waals surface area contributed by atoms with Crippen LogP contribution in [0.25, 0.3) is 0 Å². The second kappa shape index (κ2) is 6.24. The third-order valence-corrected chi connectivity index (χ3v) is 8.11. The van der Waals surface area contributed by atoms with Crippen LogP contribution in [-0.2, 0) is 5.60 Å². The predicted molar refractivity (Wildman–Crippen MR) is 103 cm³/mol. The van der Waals surface area contributed by atoms with Crippen LogP contribution in [0.5, 0.6) is 0 Å². The summed E-state index contributed by atoms with van der Waals surface area (Å²) in [6.07, 6.45) is 6.02. The number of aliphatic hydroxyl groups is 1. The lowest BCUT2D eigenvalue weighted by molar-refractivity contribution is 0.0265. The van der Waals surface area contributed by atoms with E-state index in [1.807, 2.05) is 0 Å². The smallest absolute Gasteiger partial charge is 0.117 e. The highest BCUT2D eigenvalue weighted by Crippen LogP contribution is 2.46. The second-order valence-corrected chi connectivity index (χ2v) is 9.38. The summed E-state index contributed by atoms with van der Waals surface area (Å²) in [7, 11) is 2.29. The van der Waals surface area contributed by atoms with E-state index in [0.717, 1.165) is 29.6 Å². The first-order valence-electron chi connectivity index (χ1n) is 9.00. The average Bonchev–Trinajstić information content (AvgIpc) is 3.20. The van der Waals surface area contributed by atoms with Gasteiger partial charge in [0.2, 0.25) is 0 Å². The van der Waals surface area contributed by atoms with Crippen LogP contribution >= 0.6 is 22.7 Å². The van der Waals surface area contributed by atoms with Crippen LogP contribution < -0.4 is 0 Å². The van der Waals surface area contributed by atoms with E-state index < -0.39 is 5.60 Å². The van der Waals surface area contributed by atoms with Gasteiger partial charge in [-0.3, -0.25) is 0 Å². The molecule has 4 rings (SSSR count). The molecule has 2 fully saturated rings. The van der Waals surface area contributed by atoms with Gasteiger partial charge in [-0.15, -0.1) is 0 Å². The maximum absolute atomic E-state index is 11.9. The highest BCUT2D eigenvalue weighted by molar-refractivity contribution is 7.08. The van der Waals surface area contributed by atoms with Crippen molar-refractivity contribution in [2.75, 3.05) is 7.05 Å². The molecule has 2 aromatic rings. The molecule has 3 atom stereocenters. The maximum Gasteiger partial charge on any atom is 0.117 e. The standard InChI is InChI=1S/C20H27NOS2/c1-13-9-23-11-18(13)20(22,19-12-24-10-14(19)2)8-15-6-16-4-5-17(7-15)21(16)3/h9-12,15-17,22H,4-8H2,1-3H3/t15?,16-,17+. The zero-order valence-corrected chi connectivity index (χ0v) is 16.4. The zero-order valence-electron chi connectivity index (χ0n) is 14.8. The van der Waals surface area contributed by atoms with Crippen LogP contribution in [0.2, 0.25) is 0 Å². The molecule has 1 N–H and O–H groups in total. The summed E-state index contributed by atoms with van der Waals surface area (Å²) < 4.78 is 0. The molecule has 2 aliphatic rings. The molecule has 0 aliphatic carbocycles. The first kappa shape index (κ1) is 16.8. The fourth-order valence-corrected chi connectivity index (χ4v) is 6.87. The van der Waals surface area contributed by atoms with Gasteiger partial charge in [-0.1, -0.05) is 0 Å². The number of rotatable bonds is 4. The number of hydrogen-bond acceptors (Lipinski definition) is 4. The summed E-state index contributed by atoms with van der Waals surface area (Å²) >= 11 is 3.41. The Bertz CT molecular complexity index is 665. The number of aryl methyl sites for hydroxylation is 2. The first-order chi connectivity index (χ1) is 11.5. The summed E-state index contributed by atoms with van der Waals surface area (Å²) in [6.45, 7) is 4.27. The van der Waals surface area contributed by atoms with Gasteiger partial charge in [0.25, 0.3) is 0 Å². The van der Waals surface area contributed by atoms with Gasteiger partial charge in [0.15, 0.2) is 0 Å². The quantitative estimate of drug-likeness (QED) is 0.835. The molecule has 0 aromatic carbocycles. The van der Waals surface area contributed by atoms with E-state index in [0.29, 0.717) is 5.92 Å². The number of thiophene rings is 2. The predicted octanol–water partition coefficient (Wildman–Crippen LogP) is 4.93. The fourth-order valence-electron chi connectivity index (χ4n) is 5.04. The van der Waals surface area contributed by atoms with E-state index in [1.165, 1.54) is 36.8 Å². The number of fused-ring (bicyclic) bond motifs is 2. The molecule has 0 saturated carbocycles. The van der Waals surface area contributed by atoms with Crippen molar-refractivity contribution >= 4 is 22.7 Å². The van der Waals surface area contributed by atoms with Gasteiger partial charge in [0.1, 0.15) is 5.60 Å². The van der Waals surface area contributed by atoms with E-state index in [-0.39, 0.29) is 0 Å². The highest BCUT2D eigenvalue weighted by atomic mass is 32.1. The normalized spacial score (nSPS) is 27.8. The third kappa shape index (κ3) is 2.68. The van der Waals surface area contributed by atoms with Crippen LogP contribution in [0.15, 0.2) is 21.5 Å². The lowest BCUT2D eigenvalue weighted by Crippen LogP contribution is -2.42. The Kier molecular flexibility index (Phi) is 4.36. The number of nitrogens with zero attached hydrogens (tertiary/aromatic N) is 1. The molecule has 2 nitrogen and oxygen atoms in total. The minimum atomic E-state index is -0.825. The van der Waals surface area contributed by atoms with Crippen LogP contribution in [0.3, 0.4) is 0 Å². The molecule has 130 valence electrons. The Balaban J connectivity index is 1.67. The lowest BCUT2D eigenvalue weighted by Gasteiger charge is -2.40. The molecule has 2 aromatic heterocycles. The largest absolute Gasteiger partial charge is 0.380 e. The molecular formula is C20H27NOS2. The van der Waals surface area contributed by atoms with Gasteiger partial charge >= 0.3 is 0 Å². The minimum absolute atomic E-state index is 0.613. The molecule has 4 heteroatoms. The van der Waals surface area contributed by atoms with E-state index in [4.69, 9.17) is 0 Å². The number of piperidine rings is 1. The van der Waals surface area contributed by atoms with Gasteiger partial charge in [-0.25, -0.2) is 0 Å². The molecule has 2 bridgehead atoms. The SMILES string of the molecule is Cc1cscc1C(O)(CC1C[C@H]2CC[C@@H](C1)N2C)c1cscc1C. The zero-order chi connectivity index (χ0) is 16.9. The average molecular weight is 362 g/mol. The molecule has 0 radical (unpaired) electrons. The van der Waals surface area contributed by atoms with Crippen molar-refractivity contribution in [3.05, 3.63) is 43.8 Å². The first-order valence-corrected chi connectivity index (χ1v) is 10.9. The van der Waals surface area contributed by atoms with Crippen molar-refractivity contribution in [1.82, 2.24) is 4.90 Å². The van der Waals surface area contributed by atoms with Crippen molar-refractivity contribution in [2.24, 2.45) is 5.92 Å². The van der Waals surface area contributed by atoms with Gasteiger partial charge in [-0.05, 0) is 91.6 Å². The molecule has 2 aliphatic heterocycles.